The number of aromatic nitrogens is 2. The largest absolute Gasteiger partial charge is 0.395 e. The molecule has 2 aliphatic rings. The molecule has 0 radical (unpaired) electrons. The van der Waals surface area contributed by atoms with Crippen molar-refractivity contribution in [1.29, 1.82) is 0 Å². The number of fused-ring (bicyclic) bond motifs is 1. The number of aryl methyl sites for hydroxylation is 1. The fraction of sp³-hybridized carbons (Fsp3) is 0.235. The maximum absolute atomic E-state index is 12.2. The van der Waals surface area contributed by atoms with E-state index in [4.69, 9.17) is 5.11 Å². The second-order valence-electron chi connectivity index (χ2n) is 5.73. The first-order valence-electron chi connectivity index (χ1n) is 7.91. The molecule has 2 amide bonds. The zero-order valence-electron chi connectivity index (χ0n) is 13.3. The molecule has 8 heteroatoms. The van der Waals surface area contributed by atoms with E-state index in [1.165, 1.54) is 6.08 Å². The smallest absolute Gasteiger partial charge is 0.277 e. The second-order valence-corrected chi connectivity index (χ2v) is 6.80. The highest BCUT2D eigenvalue weighted by molar-refractivity contribution is 7.99. The lowest BCUT2D eigenvalue weighted by atomic mass is 10.1. The number of amides is 2. The third kappa shape index (κ3) is 2.94. The zero-order chi connectivity index (χ0) is 17.4. The Hall–Kier alpha value is -2.58. The number of nitrogens with zero attached hydrogens (tertiary/aromatic N) is 3. The van der Waals surface area contributed by atoms with E-state index < -0.39 is 11.8 Å². The maximum Gasteiger partial charge on any atom is 0.277 e. The van der Waals surface area contributed by atoms with Crippen LogP contribution in [0.3, 0.4) is 0 Å². The minimum absolute atomic E-state index is 0.00271. The number of imide groups is 1. The molecule has 3 heterocycles. The van der Waals surface area contributed by atoms with Gasteiger partial charge in [0.15, 0.2) is 5.16 Å². The summed E-state index contributed by atoms with van der Waals surface area (Å²) in [5, 5.41) is 13.0. The van der Waals surface area contributed by atoms with Gasteiger partial charge < -0.3 is 15.0 Å². The van der Waals surface area contributed by atoms with Crippen molar-refractivity contribution in [2.24, 2.45) is 0 Å². The molecule has 2 aliphatic heterocycles. The molecule has 0 aliphatic carbocycles. The topological polar surface area (TPSA) is 87.5 Å². The number of rotatable bonds is 5. The Morgan fingerprint density at radius 3 is 3.00 bits per heavy atom. The zero-order valence-corrected chi connectivity index (χ0v) is 14.1. The number of aliphatic hydroxyl groups is 1. The van der Waals surface area contributed by atoms with Crippen molar-refractivity contribution < 1.29 is 14.7 Å². The quantitative estimate of drug-likeness (QED) is 0.786. The van der Waals surface area contributed by atoms with E-state index >= 15 is 0 Å². The minimum atomic E-state index is -0.429. The highest BCUT2D eigenvalue weighted by Gasteiger charge is 2.30. The Morgan fingerprint density at radius 1 is 1.32 bits per heavy atom. The van der Waals surface area contributed by atoms with E-state index in [0.717, 1.165) is 33.6 Å². The number of thioether (sulfide) groups is 1. The molecule has 1 aromatic carbocycles. The van der Waals surface area contributed by atoms with Gasteiger partial charge >= 0.3 is 0 Å². The Balaban J connectivity index is 1.55. The molecule has 1 aromatic heterocycles. The number of benzene rings is 1. The molecule has 2 N–H and O–H groups in total. The van der Waals surface area contributed by atoms with Crippen LogP contribution in [0.25, 0.3) is 11.3 Å². The van der Waals surface area contributed by atoms with Crippen LogP contribution in [0.4, 0.5) is 5.69 Å². The Bertz CT molecular complexity index is 868. The van der Waals surface area contributed by atoms with Gasteiger partial charge in [0.05, 0.1) is 18.8 Å². The van der Waals surface area contributed by atoms with Crippen molar-refractivity contribution >= 4 is 29.3 Å². The van der Waals surface area contributed by atoms with Crippen molar-refractivity contribution in [2.75, 3.05) is 24.2 Å². The van der Waals surface area contributed by atoms with Gasteiger partial charge in [0.1, 0.15) is 5.70 Å². The van der Waals surface area contributed by atoms with Gasteiger partial charge in [-0.15, -0.1) is 0 Å². The summed E-state index contributed by atoms with van der Waals surface area (Å²) in [5.41, 5.74) is 2.74. The summed E-state index contributed by atoms with van der Waals surface area (Å²) in [6.45, 7) is 0.712. The van der Waals surface area contributed by atoms with Crippen molar-refractivity contribution in [2.45, 2.75) is 11.7 Å². The lowest BCUT2D eigenvalue weighted by molar-refractivity contribution is -0.137. The second kappa shape index (κ2) is 6.38. The molecule has 4 rings (SSSR count). The number of hydrogen-bond donors (Lipinski definition) is 2. The first-order valence-corrected chi connectivity index (χ1v) is 8.90. The molecule has 0 unspecified atom stereocenters. The maximum atomic E-state index is 12.2. The average molecular weight is 356 g/mol. The van der Waals surface area contributed by atoms with E-state index in [1.54, 1.807) is 11.8 Å². The van der Waals surface area contributed by atoms with Crippen molar-refractivity contribution in [1.82, 2.24) is 14.5 Å². The Kier molecular flexibility index (Phi) is 4.06. The fourth-order valence-electron chi connectivity index (χ4n) is 2.87. The minimum Gasteiger partial charge on any atom is -0.395 e. The highest BCUT2D eigenvalue weighted by Crippen LogP contribution is 2.30. The molecule has 0 spiro atoms. The van der Waals surface area contributed by atoms with Gasteiger partial charge in [0.25, 0.3) is 11.8 Å². The van der Waals surface area contributed by atoms with Gasteiger partial charge in [-0.25, -0.2) is 4.98 Å². The van der Waals surface area contributed by atoms with Gasteiger partial charge in [0.2, 0.25) is 0 Å². The van der Waals surface area contributed by atoms with Crippen LogP contribution in [-0.4, -0.2) is 50.3 Å². The predicted octanol–water partition coefficient (Wildman–Crippen LogP) is 1.31. The molecule has 7 nitrogen and oxygen atoms in total. The van der Waals surface area contributed by atoms with Gasteiger partial charge in [-0.3, -0.25) is 14.5 Å². The van der Waals surface area contributed by atoms with Crippen LogP contribution in [0.15, 0.2) is 47.4 Å². The summed E-state index contributed by atoms with van der Waals surface area (Å²) in [5.74, 6) is 0.209. The molecule has 0 fully saturated rings. The van der Waals surface area contributed by atoms with Crippen LogP contribution in [0.1, 0.15) is 0 Å². The van der Waals surface area contributed by atoms with E-state index in [1.807, 2.05) is 30.5 Å². The monoisotopic (exact) mass is 356 g/mol. The number of β-amino-alcohol motifs (C(OH)–C–C–N with tert-alkyl or cyclic N) is 1. The molecule has 0 saturated carbocycles. The Labute approximate surface area is 148 Å². The van der Waals surface area contributed by atoms with Crippen LogP contribution in [0.2, 0.25) is 0 Å². The molecule has 2 aromatic rings. The third-order valence-electron chi connectivity index (χ3n) is 4.07. The summed E-state index contributed by atoms with van der Waals surface area (Å²) < 4.78 is 2.13. The molecule has 128 valence electrons. The van der Waals surface area contributed by atoms with Crippen LogP contribution < -0.4 is 5.32 Å². The molecular formula is C17H16N4O3S. The van der Waals surface area contributed by atoms with Crippen molar-refractivity contribution in [3.05, 3.63) is 42.2 Å². The first-order chi connectivity index (χ1) is 12.2. The van der Waals surface area contributed by atoms with Crippen LogP contribution in [-0.2, 0) is 16.1 Å². The standard InChI is InChI=1S/C17H16N4O3S/c22-6-4-21-15(23)9-13(16(21)24)18-12-3-1-2-11(8-12)14-10-20-5-7-25-17(20)19-14/h1-3,8-10,18,22H,4-7H2. The third-order valence-corrected chi connectivity index (χ3v) is 5.04. The average Bonchev–Trinajstić information content (AvgIpc) is 3.26. The number of hydrogen-bond acceptors (Lipinski definition) is 6. The van der Waals surface area contributed by atoms with Crippen molar-refractivity contribution in [3.8, 4) is 11.3 Å². The number of anilines is 1. The summed E-state index contributed by atoms with van der Waals surface area (Å²) in [6.07, 6.45) is 3.29. The lowest BCUT2D eigenvalue weighted by Gasteiger charge is -2.13. The summed E-state index contributed by atoms with van der Waals surface area (Å²) >= 11 is 1.74. The number of aliphatic hydroxyl groups excluding tert-OH is 1. The number of carbonyl (C=O) groups is 2. The first kappa shape index (κ1) is 15.9. The summed E-state index contributed by atoms with van der Waals surface area (Å²) in [6, 6.07) is 7.57. The van der Waals surface area contributed by atoms with Gasteiger partial charge in [-0.1, -0.05) is 23.9 Å². The normalized spacial score (nSPS) is 16.4. The van der Waals surface area contributed by atoms with Gasteiger partial charge in [0, 0.05) is 35.8 Å². The number of imidazole rings is 1. The van der Waals surface area contributed by atoms with E-state index in [2.05, 4.69) is 14.9 Å². The highest BCUT2D eigenvalue weighted by atomic mass is 32.2. The summed E-state index contributed by atoms with van der Waals surface area (Å²) in [7, 11) is 0. The summed E-state index contributed by atoms with van der Waals surface area (Å²) in [4.78, 5) is 29.7. The predicted molar refractivity (Wildman–Crippen MR) is 93.9 cm³/mol. The van der Waals surface area contributed by atoms with Gasteiger partial charge in [-0.05, 0) is 12.1 Å². The lowest BCUT2D eigenvalue weighted by Crippen LogP contribution is -2.34. The van der Waals surface area contributed by atoms with Crippen LogP contribution >= 0.6 is 11.8 Å². The Morgan fingerprint density at radius 2 is 2.20 bits per heavy atom. The molecule has 0 saturated heterocycles. The number of nitrogens with one attached hydrogen (secondary N) is 1. The van der Waals surface area contributed by atoms with Gasteiger partial charge in [-0.2, -0.15) is 0 Å². The van der Waals surface area contributed by atoms with Crippen LogP contribution in [0.5, 0.6) is 0 Å². The van der Waals surface area contributed by atoms with Crippen molar-refractivity contribution in [3.63, 3.8) is 0 Å². The SMILES string of the molecule is O=C1C=C(Nc2cccc(-c3cn4c(n3)SCC4)c2)C(=O)N1CCO. The molecule has 25 heavy (non-hydrogen) atoms. The molecule has 0 atom stereocenters. The van der Waals surface area contributed by atoms with E-state index in [0.29, 0.717) is 5.69 Å². The molecular weight excluding hydrogens is 340 g/mol. The fourth-order valence-corrected chi connectivity index (χ4v) is 3.81. The molecule has 0 bridgehead atoms. The number of carbonyl (C=O) groups excluding carboxylic acids is 2. The van der Waals surface area contributed by atoms with E-state index in [-0.39, 0.29) is 18.8 Å². The van der Waals surface area contributed by atoms with Crippen LogP contribution in [0, 0.1) is 0 Å². The van der Waals surface area contributed by atoms with E-state index in [9.17, 15) is 9.59 Å².